The number of thiophene rings is 1. The molecule has 5 rings (SSSR count). The molecule has 0 saturated carbocycles. The number of piperazine rings is 1. The standard InChI is InChI=1S/C35H53N7O3S/c1-25(2)38-30(14-8-11-17-40-15-9-5-10-16-40)34(44)42-19-18-41(35-39-26(3)32(45-35)28-12-6-4-7-13-28)23-31(42)33(43)37-22-29-20-27(21-36)24-46-29/h4,6-7,12-13,20,24-26,30-32,38H,5,8-11,14-19,21-23,36H2,1-3H3,(H,37,43)/t26-,30+,31-,32+/m0/s1. The minimum Gasteiger partial charge on any atom is -0.455 e. The Morgan fingerprint density at radius 1 is 1.09 bits per heavy atom. The van der Waals surface area contributed by atoms with E-state index in [0.29, 0.717) is 38.7 Å². The normalized spacial score (nSPS) is 22.9. The molecule has 2 fully saturated rings. The summed E-state index contributed by atoms with van der Waals surface area (Å²) in [6.45, 7) is 11.8. The van der Waals surface area contributed by atoms with Gasteiger partial charge in [0, 0.05) is 30.6 Å². The van der Waals surface area contributed by atoms with Crippen LogP contribution in [-0.4, -0.2) is 96.0 Å². The first-order chi connectivity index (χ1) is 22.3. The minimum atomic E-state index is -0.669. The Balaban J connectivity index is 1.27. The number of likely N-dealkylation sites (tertiary alicyclic amines) is 1. The van der Waals surface area contributed by atoms with Crippen molar-refractivity contribution in [3.63, 3.8) is 0 Å². The van der Waals surface area contributed by atoms with Crippen LogP contribution in [0.25, 0.3) is 0 Å². The van der Waals surface area contributed by atoms with Gasteiger partial charge in [0.25, 0.3) is 6.02 Å². The minimum absolute atomic E-state index is 0.00202. The lowest BCUT2D eigenvalue weighted by Crippen LogP contribution is -2.64. The Labute approximate surface area is 278 Å². The van der Waals surface area contributed by atoms with E-state index in [9.17, 15) is 9.59 Å². The first-order valence-electron chi connectivity index (χ1n) is 17.2. The van der Waals surface area contributed by atoms with E-state index in [-0.39, 0.29) is 36.0 Å². The molecule has 0 radical (unpaired) electrons. The summed E-state index contributed by atoms with van der Waals surface area (Å²) in [6.07, 6.45) is 6.53. The van der Waals surface area contributed by atoms with Crippen LogP contribution >= 0.6 is 11.3 Å². The Kier molecular flexibility index (Phi) is 12.5. The Morgan fingerprint density at radius 3 is 2.59 bits per heavy atom. The smallest absolute Gasteiger partial charge is 0.288 e. The van der Waals surface area contributed by atoms with Crippen molar-refractivity contribution < 1.29 is 14.3 Å². The number of aliphatic imine (C=N–C) groups is 1. The van der Waals surface area contributed by atoms with Gasteiger partial charge < -0.3 is 35.8 Å². The molecule has 4 heterocycles. The summed E-state index contributed by atoms with van der Waals surface area (Å²) in [5.41, 5.74) is 7.93. The SMILES string of the molecule is CC(C)N[C@H](CCCCN1CCCCC1)C(=O)N1CCN(C2=N[C@@H](C)[C@H](c3ccccc3)O2)C[C@H]1C(=O)NCc1cc(CN)cs1. The highest BCUT2D eigenvalue weighted by Crippen LogP contribution is 2.30. The third kappa shape index (κ3) is 9.08. The molecule has 4 atom stereocenters. The molecule has 252 valence electrons. The second kappa shape index (κ2) is 16.7. The highest BCUT2D eigenvalue weighted by atomic mass is 32.1. The molecular weight excluding hydrogens is 598 g/mol. The Morgan fingerprint density at radius 2 is 1.87 bits per heavy atom. The van der Waals surface area contributed by atoms with E-state index in [1.807, 2.05) is 34.5 Å². The van der Waals surface area contributed by atoms with E-state index in [0.717, 1.165) is 41.8 Å². The number of nitrogens with one attached hydrogen (secondary N) is 2. The number of benzene rings is 1. The van der Waals surface area contributed by atoms with E-state index in [1.54, 1.807) is 16.2 Å². The summed E-state index contributed by atoms with van der Waals surface area (Å²) in [7, 11) is 0. The van der Waals surface area contributed by atoms with Gasteiger partial charge in [0.15, 0.2) is 0 Å². The van der Waals surface area contributed by atoms with Gasteiger partial charge in [-0.15, -0.1) is 11.3 Å². The van der Waals surface area contributed by atoms with Crippen LogP contribution < -0.4 is 16.4 Å². The third-order valence-corrected chi connectivity index (χ3v) is 10.2. The van der Waals surface area contributed by atoms with Gasteiger partial charge >= 0.3 is 0 Å². The number of piperidine rings is 1. The number of amidine groups is 1. The zero-order chi connectivity index (χ0) is 32.5. The number of carbonyl (C=O) groups is 2. The van der Waals surface area contributed by atoms with Crippen LogP contribution in [-0.2, 0) is 27.4 Å². The zero-order valence-electron chi connectivity index (χ0n) is 27.8. The van der Waals surface area contributed by atoms with E-state index in [4.69, 9.17) is 15.5 Å². The molecule has 10 nitrogen and oxygen atoms in total. The fourth-order valence-corrected chi connectivity index (χ4v) is 7.58. The molecule has 2 amide bonds. The van der Waals surface area contributed by atoms with Gasteiger partial charge in [-0.3, -0.25) is 9.59 Å². The highest BCUT2D eigenvalue weighted by Gasteiger charge is 2.41. The molecule has 0 aliphatic carbocycles. The first-order valence-corrected chi connectivity index (χ1v) is 18.1. The second-order valence-corrected chi connectivity index (χ2v) is 14.2. The van der Waals surface area contributed by atoms with E-state index >= 15 is 0 Å². The number of hydrogen-bond donors (Lipinski definition) is 3. The molecule has 3 aliphatic rings. The lowest BCUT2D eigenvalue weighted by atomic mass is 10.0. The molecule has 1 aromatic heterocycles. The molecular formula is C35H53N7O3S. The van der Waals surface area contributed by atoms with Gasteiger partial charge in [-0.05, 0) is 74.8 Å². The van der Waals surface area contributed by atoms with Crippen LogP contribution in [0.1, 0.15) is 81.4 Å². The number of nitrogens with two attached hydrogens (primary N) is 1. The maximum absolute atomic E-state index is 14.3. The Bertz CT molecular complexity index is 1300. The van der Waals surface area contributed by atoms with Crippen molar-refractivity contribution in [2.24, 2.45) is 10.7 Å². The first kappa shape index (κ1) is 34.3. The quantitative estimate of drug-likeness (QED) is 0.282. The van der Waals surface area contributed by atoms with Crippen LogP contribution in [0.5, 0.6) is 0 Å². The summed E-state index contributed by atoms with van der Waals surface area (Å²) >= 11 is 1.58. The van der Waals surface area contributed by atoms with Gasteiger partial charge in [0.05, 0.1) is 25.2 Å². The van der Waals surface area contributed by atoms with Gasteiger partial charge in [0.2, 0.25) is 11.8 Å². The predicted molar refractivity (Wildman–Crippen MR) is 184 cm³/mol. The number of amides is 2. The average Bonchev–Trinajstić information content (AvgIpc) is 3.71. The number of carbonyl (C=O) groups excluding carboxylic acids is 2. The predicted octanol–water partition coefficient (Wildman–Crippen LogP) is 3.87. The van der Waals surface area contributed by atoms with Gasteiger partial charge in [-0.2, -0.15) is 0 Å². The third-order valence-electron chi connectivity index (χ3n) is 9.23. The van der Waals surface area contributed by atoms with Crippen molar-refractivity contribution in [2.45, 2.75) is 103 Å². The van der Waals surface area contributed by atoms with Crippen LogP contribution in [0.3, 0.4) is 0 Å². The molecule has 2 saturated heterocycles. The molecule has 0 spiro atoms. The van der Waals surface area contributed by atoms with Crippen LogP contribution in [0.2, 0.25) is 0 Å². The van der Waals surface area contributed by atoms with Gasteiger partial charge in [0.1, 0.15) is 12.1 Å². The topological polar surface area (TPSA) is 116 Å². The molecule has 0 bridgehead atoms. The molecule has 46 heavy (non-hydrogen) atoms. The number of unbranched alkanes of at least 4 members (excludes halogenated alkanes) is 1. The van der Waals surface area contributed by atoms with E-state index < -0.39 is 6.04 Å². The van der Waals surface area contributed by atoms with Crippen molar-refractivity contribution in [3.05, 3.63) is 57.8 Å². The van der Waals surface area contributed by atoms with E-state index in [1.165, 1.54) is 32.4 Å². The van der Waals surface area contributed by atoms with Crippen LogP contribution in [0, 0.1) is 0 Å². The van der Waals surface area contributed by atoms with Gasteiger partial charge in [-0.1, -0.05) is 57.0 Å². The number of rotatable bonds is 13. The van der Waals surface area contributed by atoms with Crippen molar-refractivity contribution in [1.82, 2.24) is 25.3 Å². The van der Waals surface area contributed by atoms with Crippen molar-refractivity contribution >= 4 is 29.2 Å². The lowest BCUT2D eigenvalue weighted by molar-refractivity contribution is -0.145. The maximum Gasteiger partial charge on any atom is 0.288 e. The molecule has 0 unspecified atom stereocenters. The van der Waals surface area contributed by atoms with Crippen molar-refractivity contribution in [3.8, 4) is 0 Å². The highest BCUT2D eigenvalue weighted by molar-refractivity contribution is 7.10. The number of ether oxygens (including phenoxy) is 1. The maximum atomic E-state index is 14.3. The fraction of sp³-hybridized carbons (Fsp3) is 0.629. The number of nitrogens with zero attached hydrogens (tertiary/aromatic N) is 4. The van der Waals surface area contributed by atoms with Gasteiger partial charge in [-0.25, -0.2) is 4.99 Å². The zero-order valence-corrected chi connectivity index (χ0v) is 28.6. The number of hydrogen-bond acceptors (Lipinski definition) is 9. The Hall–Kier alpha value is -2.99. The lowest BCUT2D eigenvalue weighted by Gasteiger charge is -2.42. The largest absolute Gasteiger partial charge is 0.455 e. The van der Waals surface area contributed by atoms with Crippen molar-refractivity contribution in [1.29, 1.82) is 0 Å². The molecule has 3 aliphatic heterocycles. The summed E-state index contributed by atoms with van der Waals surface area (Å²) in [6, 6.07) is 11.8. The van der Waals surface area contributed by atoms with Crippen molar-refractivity contribution in [2.75, 3.05) is 39.3 Å². The van der Waals surface area contributed by atoms with Crippen LogP contribution in [0.4, 0.5) is 0 Å². The summed E-state index contributed by atoms with van der Waals surface area (Å²) < 4.78 is 6.40. The summed E-state index contributed by atoms with van der Waals surface area (Å²) in [4.78, 5) is 40.4. The molecule has 2 aromatic rings. The summed E-state index contributed by atoms with van der Waals surface area (Å²) in [5, 5.41) is 8.67. The molecule has 11 heteroatoms. The van der Waals surface area contributed by atoms with E-state index in [2.05, 4.69) is 48.4 Å². The monoisotopic (exact) mass is 651 g/mol. The fourth-order valence-electron chi connectivity index (χ4n) is 6.74. The molecule has 1 aromatic carbocycles. The second-order valence-electron chi connectivity index (χ2n) is 13.2. The molecule has 4 N–H and O–H groups in total. The van der Waals surface area contributed by atoms with Crippen LogP contribution in [0.15, 0.2) is 46.8 Å². The average molecular weight is 652 g/mol. The summed E-state index contributed by atoms with van der Waals surface area (Å²) in [5.74, 6) is -0.168.